The van der Waals surface area contributed by atoms with E-state index in [-0.39, 0.29) is 52.7 Å². The van der Waals surface area contributed by atoms with Gasteiger partial charge in [-0.25, -0.2) is 0 Å². The normalized spacial score (nSPS) is 27.6. The largest absolute Gasteiger partial charge is 0.405 e. The van der Waals surface area contributed by atoms with Gasteiger partial charge in [0.1, 0.15) is 11.5 Å². The lowest BCUT2D eigenvalue weighted by Crippen LogP contribution is -2.67. The topological polar surface area (TPSA) is 129 Å². The van der Waals surface area contributed by atoms with Gasteiger partial charge in [-0.15, -0.1) is 0 Å². The van der Waals surface area contributed by atoms with E-state index in [1.165, 1.54) is 10.4 Å². The van der Waals surface area contributed by atoms with Crippen LogP contribution in [0.15, 0.2) is 131 Å². The smallest absolute Gasteiger partial charge is 0.373 e. The minimum absolute atomic E-state index is 0.0225. The van der Waals surface area contributed by atoms with E-state index in [4.69, 9.17) is 33.0 Å². The van der Waals surface area contributed by atoms with Gasteiger partial charge in [0.05, 0.1) is 37.6 Å². The molecule has 0 spiro atoms. The van der Waals surface area contributed by atoms with Gasteiger partial charge >= 0.3 is 6.15 Å². The SMILES string of the molecule is CC1O[C@@H](Sc2ccccc2)C(C)[C@H](OCc2ccccc2)[C@@H]1O[C@H]1OC(CO[Si](c2ccccc2)(c2ccccc2)C(C)(C)C)[C@@H](C)[C@H](C)C1N=[N+]=[N-].O=C=O. The third-order valence-electron chi connectivity index (χ3n) is 11.3. The van der Waals surface area contributed by atoms with Crippen molar-refractivity contribution in [1.82, 2.24) is 0 Å². The van der Waals surface area contributed by atoms with Crippen LogP contribution >= 0.6 is 11.8 Å². The van der Waals surface area contributed by atoms with Gasteiger partial charge in [0.25, 0.3) is 8.32 Å². The molecule has 2 heterocycles. The number of benzene rings is 4. The zero-order chi connectivity index (χ0) is 41.0. The number of nitrogens with zero attached hydrogens (tertiary/aromatic N) is 3. The highest BCUT2D eigenvalue weighted by Gasteiger charge is 2.53. The van der Waals surface area contributed by atoms with Crippen molar-refractivity contribution in [2.24, 2.45) is 22.9 Å². The number of ether oxygens (including phenoxy) is 4. The molecule has 2 saturated heterocycles. The molecule has 57 heavy (non-hydrogen) atoms. The second-order valence-electron chi connectivity index (χ2n) is 15.9. The van der Waals surface area contributed by atoms with Crippen molar-refractivity contribution in [3.63, 3.8) is 0 Å². The highest BCUT2D eigenvalue weighted by molar-refractivity contribution is 7.99. The van der Waals surface area contributed by atoms with Crippen LogP contribution in [0, 0.1) is 17.8 Å². The third kappa shape index (κ3) is 10.5. The second kappa shape index (κ2) is 20.6. The molecule has 2 aliphatic rings. The van der Waals surface area contributed by atoms with Crippen LogP contribution in [-0.4, -0.2) is 63.3 Å². The first-order valence-electron chi connectivity index (χ1n) is 19.6. The fraction of sp³-hybridized carbons (Fsp3) is 0.444. The molecule has 0 radical (unpaired) electrons. The maximum absolute atomic E-state index is 9.77. The summed E-state index contributed by atoms with van der Waals surface area (Å²) in [6.07, 6.45) is -2.05. The summed E-state index contributed by atoms with van der Waals surface area (Å²) in [4.78, 5) is 20.7. The van der Waals surface area contributed by atoms with E-state index in [0.717, 1.165) is 10.5 Å². The first-order valence-corrected chi connectivity index (χ1v) is 22.4. The zero-order valence-electron chi connectivity index (χ0n) is 33.8. The van der Waals surface area contributed by atoms with E-state index in [0.29, 0.717) is 13.2 Å². The first-order chi connectivity index (χ1) is 27.4. The summed E-state index contributed by atoms with van der Waals surface area (Å²) in [6, 6.07) is 41.2. The molecule has 2 aliphatic heterocycles. The van der Waals surface area contributed by atoms with Gasteiger partial charge in [-0.2, -0.15) is 9.59 Å². The second-order valence-corrected chi connectivity index (χ2v) is 21.4. The van der Waals surface area contributed by atoms with Crippen molar-refractivity contribution in [2.45, 2.75) is 107 Å². The summed E-state index contributed by atoms with van der Waals surface area (Å²) in [5, 5.41) is 6.52. The fourth-order valence-corrected chi connectivity index (χ4v) is 13.8. The van der Waals surface area contributed by atoms with Crippen molar-refractivity contribution in [3.8, 4) is 0 Å². The third-order valence-corrected chi connectivity index (χ3v) is 17.6. The summed E-state index contributed by atoms with van der Waals surface area (Å²) in [5.74, 6) is -0.0590. The summed E-state index contributed by atoms with van der Waals surface area (Å²) >= 11 is 1.70. The molecular formula is C45H55N3O7SSi. The maximum atomic E-state index is 9.77. The van der Waals surface area contributed by atoms with Crippen LogP contribution in [0.1, 0.15) is 54.0 Å². The lowest BCUT2D eigenvalue weighted by Gasteiger charge is -2.49. The Morgan fingerprint density at radius 1 is 0.754 bits per heavy atom. The van der Waals surface area contributed by atoms with Crippen molar-refractivity contribution in [2.75, 3.05) is 6.61 Å². The van der Waals surface area contributed by atoms with E-state index in [2.05, 4.69) is 136 Å². The Balaban J connectivity index is 0.00000200. The molecule has 0 amide bonds. The van der Waals surface area contributed by atoms with Gasteiger partial charge in [-0.05, 0) is 57.4 Å². The van der Waals surface area contributed by atoms with Crippen LogP contribution in [0.5, 0.6) is 0 Å². The molecule has 6 rings (SSSR count). The number of azide groups is 1. The van der Waals surface area contributed by atoms with E-state index >= 15 is 0 Å². The molecule has 0 bridgehead atoms. The minimum Gasteiger partial charge on any atom is -0.405 e. The fourth-order valence-electron chi connectivity index (χ4n) is 8.02. The highest BCUT2D eigenvalue weighted by atomic mass is 32.2. The maximum Gasteiger partial charge on any atom is 0.373 e. The van der Waals surface area contributed by atoms with Crippen molar-refractivity contribution in [1.29, 1.82) is 0 Å². The summed E-state index contributed by atoms with van der Waals surface area (Å²) in [7, 11) is -2.84. The van der Waals surface area contributed by atoms with Crippen molar-refractivity contribution >= 4 is 36.6 Å². The summed E-state index contributed by atoms with van der Waals surface area (Å²) in [6.45, 7) is 16.1. The average Bonchev–Trinajstić information content (AvgIpc) is 3.21. The predicted octanol–water partition coefficient (Wildman–Crippen LogP) is 8.80. The van der Waals surface area contributed by atoms with Crippen LogP contribution in [0.3, 0.4) is 0 Å². The summed E-state index contributed by atoms with van der Waals surface area (Å²) in [5.41, 5.74) is 10.7. The average molecular weight is 810 g/mol. The number of hydrogen-bond acceptors (Lipinski definition) is 9. The Kier molecular flexibility index (Phi) is 15.9. The van der Waals surface area contributed by atoms with E-state index < -0.39 is 26.8 Å². The molecular weight excluding hydrogens is 755 g/mol. The van der Waals surface area contributed by atoms with Crippen molar-refractivity contribution < 1.29 is 33.0 Å². The van der Waals surface area contributed by atoms with E-state index in [1.54, 1.807) is 11.8 Å². The molecule has 302 valence electrons. The zero-order valence-corrected chi connectivity index (χ0v) is 35.7. The number of hydrogen-bond donors (Lipinski definition) is 0. The highest BCUT2D eigenvalue weighted by Crippen LogP contribution is 2.43. The monoisotopic (exact) mass is 809 g/mol. The quantitative estimate of drug-likeness (QED) is 0.0568. The first kappa shape index (κ1) is 44.0. The van der Waals surface area contributed by atoms with Gasteiger partial charge in [0.2, 0.25) is 0 Å². The Bertz CT molecular complexity index is 1850. The molecule has 2 fully saturated rings. The van der Waals surface area contributed by atoms with Gasteiger partial charge in [0.15, 0.2) is 6.29 Å². The van der Waals surface area contributed by atoms with Crippen LogP contribution < -0.4 is 10.4 Å². The predicted molar refractivity (Wildman–Crippen MR) is 224 cm³/mol. The van der Waals surface area contributed by atoms with Crippen LogP contribution in [0.4, 0.5) is 0 Å². The molecule has 0 aliphatic carbocycles. The van der Waals surface area contributed by atoms with Crippen LogP contribution in [0.25, 0.3) is 10.4 Å². The molecule has 10 nitrogen and oxygen atoms in total. The minimum atomic E-state index is -2.84. The Hall–Kier alpha value is -4.06. The molecule has 12 heteroatoms. The number of thioether (sulfide) groups is 1. The molecule has 0 saturated carbocycles. The van der Waals surface area contributed by atoms with Gasteiger partial charge in [-0.1, -0.05) is 168 Å². The molecule has 4 aromatic rings. The summed E-state index contributed by atoms with van der Waals surface area (Å²) < 4.78 is 34.8. The Labute approximate surface area is 342 Å². The lowest BCUT2D eigenvalue weighted by molar-refractivity contribution is -0.297. The Morgan fingerprint density at radius 2 is 1.28 bits per heavy atom. The van der Waals surface area contributed by atoms with Crippen molar-refractivity contribution in [3.05, 3.63) is 137 Å². The van der Waals surface area contributed by atoms with Crippen LogP contribution in [0.2, 0.25) is 5.04 Å². The molecule has 10 atom stereocenters. The lowest BCUT2D eigenvalue weighted by atomic mass is 9.82. The standard InChI is InChI=1S/C44H55N3O5SSi.CO2/c1-30-31(2)39(46-47-45)42(51-38(30)29-49-54(44(5,6)7,36-24-16-10-17-25-36)37-26-18-11-19-27-37)52-41-33(4)50-43(53-35-22-14-9-15-23-35)32(3)40(41)48-28-34-20-12-8-13-21-34;2-1-3/h8-27,30-33,38-43H,28-29H2,1-7H3;/t30-,31-,32?,33?,38?,39?,40-,41+,42+,43-;/m0./s1. The van der Waals surface area contributed by atoms with Gasteiger partial charge in [-0.3, -0.25) is 0 Å². The molecule has 0 aromatic heterocycles. The Morgan fingerprint density at radius 3 is 1.81 bits per heavy atom. The number of rotatable bonds is 13. The molecule has 4 unspecified atom stereocenters. The number of carbonyl (C=O) groups excluding carboxylic acids is 2. The van der Waals surface area contributed by atoms with Gasteiger partial charge < -0.3 is 23.4 Å². The van der Waals surface area contributed by atoms with E-state index in [1.807, 2.05) is 43.3 Å². The molecule has 0 N–H and O–H groups in total. The van der Waals surface area contributed by atoms with Gasteiger partial charge in [0, 0.05) is 15.7 Å². The van der Waals surface area contributed by atoms with E-state index in [9.17, 15) is 5.53 Å². The molecule has 4 aromatic carbocycles. The van der Waals surface area contributed by atoms with Crippen LogP contribution in [-0.2, 0) is 39.6 Å².